The number of amides is 3. The van der Waals surface area contributed by atoms with Crippen LogP contribution in [0.4, 0.5) is 0 Å². The van der Waals surface area contributed by atoms with E-state index in [1.807, 2.05) is 48.5 Å². The van der Waals surface area contributed by atoms with Gasteiger partial charge in [-0.15, -0.1) is 0 Å². The SMILES string of the molecule is NC(N)=NCCC[C@H](NC(=O)[C@H](Cc1c[nH]c2ccccc12)NC(=O)[C@@H]1CCCN1)C(=O)N[C@@H](Cc1c[nH]c2ccccc12)C(=O)O. The number of benzene rings is 2. The molecule has 4 aromatic rings. The molecule has 14 nitrogen and oxygen atoms in total. The number of nitrogens with two attached hydrogens (primary N) is 2. The second-order valence-corrected chi connectivity index (χ2v) is 11.7. The van der Waals surface area contributed by atoms with Crippen molar-refractivity contribution in [3.63, 3.8) is 0 Å². The third kappa shape index (κ3) is 8.47. The zero-order valence-corrected chi connectivity index (χ0v) is 25.9. The highest BCUT2D eigenvalue weighted by Crippen LogP contribution is 2.21. The van der Waals surface area contributed by atoms with Crippen LogP contribution in [0.15, 0.2) is 65.9 Å². The van der Waals surface area contributed by atoms with E-state index in [0.29, 0.717) is 19.4 Å². The Labute approximate surface area is 271 Å². The maximum absolute atomic E-state index is 13.9. The van der Waals surface area contributed by atoms with Gasteiger partial charge in [0.2, 0.25) is 17.7 Å². The predicted octanol–water partition coefficient (Wildman–Crippen LogP) is 0.779. The smallest absolute Gasteiger partial charge is 0.326 e. The minimum absolute atomic E-state index is 0.0212. The molecular formula is C33H41N9O5. The molecular weight excluding hydrogens is 602 g/mol. The monoisotopic (exact) mass is 643 g/mol. The Balaban J connectivity index is 1.35. The molecule has 3 amide bonds. The summed E-state index contributed by atoms with van der Waals surface area (Å²) < 4.78 is 0. The summed E-state index contributed by atoms with van der Waals surface area (Å²) in [5.41, 5.74) is 14.2. The Hall–Kier alpha value is -5.37. The number of H-pyrrole nitrogens is 2. The summed E-state index contributed by atoms with van der Waals surface area (Å²) in [7, 11) is 0. The van der Waals surface area contributed by atoms with E-state index < -0.39 is 42.0 Å². The van der Waals surface area contributed by atoms with Crippen LogP contribution in [-0.4, -0.2) is 82.0 Å². The fraction of sp³-hybridized carbons (Fsp3) is 0.364. The molecule has 1 saturated heterocycles. The molecule has 1 aliphatic heterocycles. The molecule has 0 unspecified atom stereocenters. The van der Waals surface area contributed by atoms with E-state index in [0.717, 1.165) is 39.4 Å². The molecule has 2 aromatic carbocycles. The van der Waals surface area contributed by atoms with Crippen LogP contribution in [0.25, 0.3) is 21.8 Å². The summed E-state index contributed by atoms with van der Waals surface area (Å²) in [6, 6.07) is 11.3. The third-order valence-corrected chi connectivity index (χ3v) is 8.40. The number of para-hydroxylation sites is 2. The molecule has 14 heteroatoms. The number of aliphatic carboxylic acids is 1. The van der Waals surface area contributed by atoms with Crippen LogP contribution in [0.1, 0.15) is 36.8 Å². The lowest BCUT2D eigenvalue weighted by atomic mass is 10.0. The number of carbonyl (C=O) groups is 4. The molecule has 1 aliphatic rings. The molecule has 248 valence electrons. The highest BCUT2D eigenvalue weighted by atomic mass is 16.4. The van der Waals surface area contributed by atoms with Gasteiger partial charge in [0.15, 0.2) is 5.96 Å². The van der Waals surface area contributed by atoms with Crippen molar-refractivity contribution in [2.24, 2.45) is 16.5 Å². The third-order valence-electron chi connectivity index (χ3n) is 8.40. The molecule has 0 saturated carbocycles. The lowest BCUT2D eigenvalue weighted by Crippen LogP contribution is -2.57. The van der Waals surface area contributed by atoms with E-state index in [2.05, 4.69) is 36.2 Å². The van der Waals surface area contributed by atoms with Crippen molar-refractivity contribution in [2.75, 3.05) is 13.1 Å². The molecule has 0 spiro atoms. The van der Waals surface area contributed by atoms with Gasteiger partial charge < -0.3 is 47.8 Å². The number of carboxylic acid groups (broad SMARTS) is 1. The zero-order chi connectivity index (χ0) is 33.3. The Bertz CT molecular complexity index is 1750. The average molecular weight is 644 g/mol. The van der Waals surface area contributed by atoms with E-state index >= 15 is 0 Å². The maximum Gasteiger partial charge on any atom is 0.326 e. The second-order valence-electron chi connectivity index (χ2n) is 11.7. The maximum atomic E-state index is 13.9. The number of aromatic amines is 2. The summed E-state index contributed by atoms with van der Waals surface area (Å²) in [5, 5.41) is 23.2. The van der Waals surface area contributed by atoms with E-state index in [1.165, 1.54) is 0 Å². The number of carboxylic acids is 1. The first kappa shape index (κ1) is 33.0. The van der Waals surface area contributed by atoms with Crippen molar-refractivity contribution in [3.05, 3.63) is 72.1 Å². The van der Waals surface area contributed by atoms with Crippen molar-refractivity contribution in [3.8, 4) is 0 Å². The van der Waals surface area contributed by atoms with E-state index in [1.54, 1.807) is 12.4 Å². The fourth-order valence-corrected chi connectivity index (χ4v) is 5.95. The zero-order valence-electron chi connectivity index (χ0n) is 25.9. The van der Waals surface area contributed by atoms with Crippen molar-refractivity contribution >= 4 is 51.5 Å². The molecule has 0 aliphatic carbocycles. The van der Waals surface area contributed by atoms with Crippen LogP contribution in [0, 0.1) is 0 Å². The standard InChI is InChI=1S/C33H41N9O5/c34-33(35)37-14-6-12-26(30(44)42-28(32(46)47)16-20-18-39-24-10-4-2-8-22(20)24)40-31(45)27(41-29(43)25-11-5-13-36-25)15-19-17-38-23-9-3-1-7-21(19)23/h1-4,7-10,17-18,25-28,36,38-39H,5-6,11-16H2,(H,40,45)(H,41,43)(H,42,44)(H,46,47)(H4,34,35,37)/t25-,26-,27-,28-/m0/s1. The molecule has 3 heterocycles. The van der Waals surface area contributed by atoms with Crippen molar-refractivity contribution in [2.45, 2.75) is 62.7 Å². The first-order chi connectivity index (χ1) is 22.7. The summed E-state index contributed by atoms with van der Waals surface area (Å²) >= 11 is 0. The number of fused-ring (bicyclic) bond motifs is 2. The summed E-state index contributed by atoms with van der Waals surface area (Å²) in [6.45, 7) is 0.904. The van der Waals surface area contributed by atoms with Gasteiger partial charge in [-0.3, -0.25) is 19.4 Å². The highest BCUT2D eigenvalue weighted by molar-refractivity contribution is 5.95. The number of aliphatic imine (C=N–C) groups is 1. The van der Waals surface area contributed by atoms with Crippen molar-refractivity contribution < 1.29 is 24.3 Å². The van der Waals surface area contributed by atoms with Gasteiger partial charge >= 0.3 is 5.97 Å². The molecule has 4 atom stereocenters. The topological polar surface area (TPSA) is 233 Å². The van der Waals surface area contributed by atoms with Crippen LogP contribution < -0.4 is 32.7 Å². The molecule has 1 fully saturated rings. The van der Waals surface area contributed by atoms with Gasteiger partial charge in [0, 0.05) is 53.6 Å². The number of nitrogens with zero attached hydrogens (tertiary/aromatic N) is 1. The number of rotatable bonds is 15. The predicted molar refractivity (Wildman–Crippen MR) is 178 cm³/mol. The van der Waals surface area contributed by atoms with Gasteiger partial charge in [-0.05, 0) is 55.5 Å². The molecule has 2 aromatic heterocycles. The molecule has 0 bridgehead atoms. The van der Waals surface area contributed by atoms with Crippen LogP contribution in [0.5, 0.6) is 0 Å². The van der Waals surface area contributed by atoms with Gasteiger partial charge in [0.25, 0.3) is 0 Å². The van der Waals surface area contributed by atoms with E-state index in [9.17, 15) is 24.3 Å². The van der Waals surface area contributed by atoms with Crippen molar-refractivity contribution in [1.82, 2.24) is 31.2 Å². The Kier molecular flexibility index (Phi) is 10.7. The molecule has 5 rings (SSSR count). The molecule has 47 heavy (non-hydrogen) atoms. The minimum atomic E-state index is -1.27. The number of guanidine groups is 1. The molecule has 0 radical (unpaired) electrons. The summed E-state index contributed by atoms with van der Waals surface area (Å²) in [4.78, 5) is 63.3. The largest absolute Gasteiger partial charge is 0.480 e. The fourth-order valence-electron chi connectivity index (χ4n) is 5.95. The summed E-state index contributed by atoms with van der Waals surface area (Å²) in [5.74, 6) is -2.89. The van der Waals surface area contributed by atoms with E-state index in [4.69, 9.17) is 11.5 Å². The number of carbonyl (C=O) groups excluding carboxylic acids is 3. The Morgan fingerprint density at radius 2 is 1.40 bits per heavy atom. The van der Waals surface area contributed by atoms with Gasteiger partial charge in [-0.1, -0.05) is 36.4 Å². The number of hydrogen-bond donors (Lipinski definition) is 9. The average Bonchev–Trinajstić information content (AvgIpc) is 3.83. The van der Waals surface area contributed by atoms with Crippen molar-refractivity contribution in [1.29, 1.82) is 0 Å². The normalized spacial score (nSPS) is 16.3. The number of hydrogen-bond acceptors (Lipinski definition) is 6. The minimum Gasteiger partial charge on any atom is -0.480 e. The van der Waals surface area contributed by atoms with Gasteiger partial charge in [0.1, 0.15) is 18.1 Å². The van der Waals surface area contributed by atoms with Gasteiger partial charge in [-0.25, -0.2) is 4.79 Å². The van der Waals surface area contributed by atoms with Gasteiger partial charge in [0.05, 0.1) is 6.04 Å². The van der Waals surface area contributed by atoms with Crippen LogP contribution in [0.2, 0.25) is 0 Å². The van der Waals surface area contributed by atoms with Crippen LogP contribution >= 0.6 is 0 Å². The summed E-state index contributed by atoms with van der Waals surface area (Å²) in [6.07, 6.45) is 5.63. The lowest BCUT2D eigenvalue weighted by Gasteiger charge is -2.25. The van der Waals surface area contributed by atoms with Crippen LogP contribution in [-0.2, 0) is 32.0 Å². The lowest BCUT2D eigenvalue weighted by molar-refractivity contribution is -0.142. The first-order valence-corrected chi connectivity index (χ1v) is 15.7. The van der Waals surface area contributed by atoms with E-state index in [-0.39, 0.29) is 37.7 Å². The van der Waals surface area contributed by atoms with Crippen LogP contribution in [0.3, 0.4) is 0 Å². The number of nitrogens with one attached hydrogen (secondary N) is 6. The molecule has 11 N–H and O–H groups in total. The Morgan fingerprint density at radius 1 is 0.830 bits per heavy atom. The number of aromatic nitrogens is 2. The quantitative estimate of drug-likeness (QED) is 0.0509. The highest BCUT2D eigenvalue weighted by Gasteiger charge is 2.32. The Morgan fingerprint density at radius 3 is 1.98 bits per heavy atom. The first-order valence-electron chi connectivity index (χ1n) is 15.7. The second kappa shape index (κ2) is 15.3. The van der Waals surface area contributed by atoms with Gasteiger partial charge in [-0.2, -0.15) is 0 Å².